The molecule has 0 bridgehead atoms. The van der Waals surface area contributed by atoms with Gasteiger partial charge in [0, 0.05) is 5.39 Å². The number of ether oxygens (including phenoxy) is 2. The molecule has 0 saturated carbocycles. The third-order valence-corrected chi connectivity index (χ3v) is 4.84. The van der Waals surface area contributed by atoms with Crippen molar-refractivity contribution >= 4 is 22.6 Å². The Balaban J connectivity index is 1.51. The molecule has 0 atom stereocenters. The van der Waals surface area contributed by atoms with E-state index in [1.807, 2.05) is 13.0 Å². The van der Waals surface area contributed by atoms with Gasteiger partial charge >= 0.3 is 0 Å². The number of carbonyl (C=O) groups excluding carboxylic acids is 2. The zero-order valence-corrected chi connectivity index (χ0v) is 18.4. The quantitative estimate of drug-likeness (QED) is 0.412. The van der Waals surface area contributed by atoms with E-state index in [4.69, 9.17) is 9.47 Å². The van der Waals surface area contributed by atoms with E-state index in [-0.39, 0.29) is 17.9 Å². The van der Waals surface area contributed by atoms with Gasteiger partial charge in [0.25, 0.3) is 17.4 Å². The van der Waals surface area contributed by atoms with Crippen LogP contribution in [0.3, 0.4) is 0 Å². The van der Waals surface area contributed by atoms with Crippen molar-refractivity contribution in [3.63, 3.8) is 0 Å². The van der Waals surface area contributed by atoms with Gasteiger partial charge in [-0.1, -0.05) is 48.5 Å². The number of aromatic nitrogens is 2. The lowest BCUT2D eigenvalue weighted by atomic mass is 10.1. The second kappa shape index (κ2) is 10.3. The fraction of sp³-hybridized carbons (Fsp3) is 0.120. The average molecular weight is 458 g/mol. The molecule has 3 aromatic carbocycles. The van der Waals surface area contributed by atoms with Gasteiger partial charge in [-0.2, -0.15) is 9.78 Å². The second-order valence-electron chi connectivity index (χ2n) is 7.12. The molecule has 4 rings (SSSR count). The van der Waals surface area contributed by atoms with Crippen molar-refractivity contribution in [1.82, 2.24) is 20.6 Å². The van der Waals surface area contributed by atoms with E-state index < -0.39 is 11.8 Å². The van der Waals surface area contributed by atoms with Crippen LogP contribution in [0.4, 0.5) is 0 Å². The molecule has 9 heteroatoms. The highest BCUT2D eigenvalue weighted by atomic mass is 16.5. The number of hydrogen-bond acceptors (Lipinski definition) is 6. The van der Waals surface area contributed by atoms with Gasteiger partial charge in [0.15, 0.2) is 23.8 Å². The van der Waals surface area contributed by atoms with Crippen LogP contribution in [0.2, 0.25) is 0 Å². The number of carbonyl (C=O) groups is 2. The molecule has 0 spiro atoms. The van der Waals surface area contributed by atoms with Crippen molar-refractivity contribution in [2.75, 3.05) is 13.2 Å². The number of fused-ring (bicyclic) bond motifs is 1. The number of hydrazine groups is 1. The van der Waals surface area contributed by atoms with Crippen LogP contribution in [0.1, 0.15) is 17.4 Å². The minimum absolute atomic E-state index is 0.0121. The third-order valence-electron chi connectivity index (χ3n) is 4.84. The lowest BCUT2D eigenvalue weighted by Gasteiger charge is -2.13. The highest BCUT2D eigenvalue weighted by Crippen LogP contribution is 2.26. The summed E-state index contributed by atoms with van der Waals surface area (Å²) in [6.07, 6.45) is 0. The van der Waals surface area contributed by atoms with Crippen LogP contribution in [0.15, 0.2) is 83.7 Å². The van der Waals surface area contributed by atoms with Crippen LogP contribution in [-0.2, 0) is 4.79 Å². The number of benzene rings is 3. The van der Waals surface area contributed by atoms with Gasteiger partial charge in [0.05, 0.1) is 17.7 Å². The highest BCUT2D eigenvalue weighted by molar-refractivity contribution is 6.05. The van der Waals surface area contributed by atoms with E-state index in [0.717, 1.165) is 4.68 Å². The number of para-hydroxylation sites is 3. The second-order valence-corrected chi connectivity index (χ2v) is 7.12. The van der Waals surface area contributed by atoms with Gasteiger partial charge in [-0.3, -0.25) is 25.2 Å². The Morgan fingerprint density at radius 3 is 2.15 bits per heavy atom. The van der Waals surface area contributed by atoms with Gasteiger partial charge in [0.2, 0.25) is 0 Å². The summed E-state index contributed by atoms with van der Waals surface area (Å²) < 4.78 is 12.1. The summed E-state index contributed by atoms with van der Waals surface area (Å²) in [5, 5.41) is 4.96. The Labute approximate surface area is 194 Å². The first-order chi connectivity index (χ1) is 16.6. The molecule has 0 aliphatic heterocycles. The van der Waals surface area contributed by atoms with Crippen molar-refractivity contribution in [3.05, 3.63) is 94.9 Å². The highest BCUT2D eigenvalue weighted by Gasteiger charge is 2.18. The molecule has 1 heterocycles. The van der Waals surface area contributed by atoms with Crippen molar-refractivity contribution in [1.29, 1.82) is 0 Å². The standard InChI is InChI=1S/C25H22N4O5/c1-2-33-20-14-8-9-15-21(20)34-16-22(30)26-27-24(31)23-18-12-6-7-13-19(18)25(32)29(28-23)17-10-4-3-5-11-17/h3-15H,2,16H2,1H3,(H,26,30)(H,27,31). The molecule has 9 nitrogen and oxygen atoms in total. The van der Waals surface area contributed by atoms with Crippen LogP contribution in [0.25, 0.3) is 16.5 Å². The lowest BCUT2D eigenvalue weighted by Crippen LogP contribution is -2.44. The van der Waals surface area contributed by atoms with E-state index in [1.54, 1.807) is 72.8 Å². The molecule has 0 fully saturated rings. The van der Waals surface area contributed by atoms with Gasteiger partial charge in [-0.15, -0.1) is 0 Å². The number of rotatable bonds is 7. The molecule has 2 N–H and O–H groups in total. The molecular weight excluding hydrogens is 436 g/mol. The molecule has 0 saturated heterocycles. The Kier molecular flexibility index (Phi) is 6.83. The van der Waals surface area contributed by atoms with E-state index in [9.17, 15) is 14.4 Å². The maximum atomic E-state index is 12.9. The third kappa shape index (κ3) is 4.88. The molecule has 2 amide bonds. The van der Waals surface area contributed by atoms with E-state index in [2.05, 4.69) is 16.0 Å². The normalized spacial score (nSPS) is 10.5. The minimum atomic E-state index is -0.677. The van der Waals surface area contributed by atoms with Crippen molar-refractivity contribution in [2.45, 2.75) is 6.92 Å². The molecule has 1 aromatic heterocycles. The molecule has 0 aliphatic rings. The van der Waals surface area contributed by atoms with E-state index >= 15 is 0 Å². The Morgan fingerprint density at radius 2 is 1.44 bits per heavy atom. The summed E-state index contributed by atoms with van der Waals surface area (Å²) in [6.45, 7) is 1.95. The number of nitrogens with zero attached hydrogens (tertiary/aromatic N) is 2. The van der Waals surface area contributed by atoms with Crippen LogP contribution < -0.4 is 25.9 Å². The van der Waals surface area contributed by atoms with E-state index in [0.29, 0.717) is 34.6 Å². The number of hydrogen-bond donors (Lipinski definition) is 2. The smallest absolute Gasteiger partial charge is 0.290 e. The SMILES string of the molecule is CCOc1ccccc1OCC(=O)NNC(=O)c1nn(-c2ccccc2)c(=O)c2ccccc12. The predicted molar refractivity (Wildman–Crippen MR) is 126 cm³/mol. The molecule has 0 radical (unpaired) electrons. The van der Waals surface area contributed by atoms with E-state index in [1.165, 1.54) is 0 Å². The minimum Gasteiger partial charge on any atom is -0.490 e. The zero-order chi connectivity index (χ0) is 23.9. The number of amides is 2. The van der Waals surface area contributed by atoms with Gasteiger partial charge in [-0.05, 0) is 37.3 Å². The predicted octanol–water partition coefficient (Wildman–Crippen LogP) is 2.62. The molecule has 34 heavy (non-hydrogen) atoms. The summed E-state index contributed by atoms with van der Waals surface area (Å²) in [4.78, 5) is 38.1. The van der Waals surface area contributed by atoms with Crippen molar-refractivity contribution in [3.8, 4) is 17.2 Å². The van der Waals surface area contributed by atoms with Crippen LogP contribution >= 0.6 is 0 Å². The van der Waals surface area contributed by atoms with Crippen LogP contribution in [0.5, 0.6) is 11.5 Å². The molecule has 0 aliphatic carbocycles. The largest absolute Gasteiger partial charge is 0.490 e. The first-order valence-corrected chi connectivity index (χ1v) is 10.6. The summed E-state index contributed by atoms with van der Waals surface area (Å²) in [5.74, 6) is -0.335. The summed E-state index contributed by atoms with van der Waals surface area (Å²) in [7, 11) is 0. The molecular formula is C25H22N4O5. The Morgan fingerprint density at radius 1 is 0.824 bits per heavy atom. The first kappa shape index (κ1) is 22.5. The maximum absolute atomic E-state index is 12.9. The molecule has 172 valence electrons. The fourth-order valence-corrected chi connectivity index (χ4v) is 3.31. The Hall–Kier alpha value is -4.66. The summed E-state index contributed by atoms with van der Waals surface area (Å²) in [6, 6.07) is 22.4. The lowest BCUT2D eigenvalue weighted by molar-refractivity contribution is -0.123. The number of nitrogens with one attached hydrogen (secondary N) is 2. The molecule has 4 aromatic rings. The zero-order valence-electron chi connectivity index (χ0n) is 18.4. The summed E-state index contributed by atoms with van der Waals surface area (Å²) in [5.41, 5.74) is 4.79. The maximum Gasteiger partial charge on any atom is 0.290 e. The van der Waals surface area contributed by atoms with Crippen LogP contribution in [0, 0.1) is 0 Å². The monoisotopic (exact) mass is 458 g/mol. The molecule has 0 unspecified atom stereocenters. The fourth-order valence-electron chi connectivity index (χ4n) is 3.31. The topological polar surface area (TPSA) is 112 Å². The van der Waals surface area contributed by atoms with Crippen molar-refractivity contribution in [2.24, 2.45) is 0 Å². The first-order valence-electron chi connectivity index (χ1n) is 10.6. The van der Waals surface area contributed by atoms with Crippen LogP contribution in [-0.4, -0.2) is 34.8 Å². The van der Waals surface area contributed by atoms with Gasteiger partial charge in [0.1, 0.15) is 0 Å². The Bertz CT molecular complexity index is 1390. The van der Waals surface area contributed by atoms with Crippen molar-refractivity contribution < 1.29 is 19.1 Å². The average Bonchev–Trinajstić information content (AvgIpc) is 2.88. The summed E-state index contributed by atoms with van der Waals surface area (Å²) >= 11 is 0. The van der Waals surface area contributed by atoms with Gasteiger partial charge in [-0.25, -0.2) is 0 Å². The van der Waals surface area contributed by atoms with Gasteiger partial charge < -0.3 is 9.47 Å².